The van der Waals surface area contributed by atoms with E-state index in [9.17, 15) is 23.1 Å². The second kappa shape index (κ2) is 12.2. The summed E-state index contributed by atoms with van der Waals surface area (Å²) in [4.78, 5) is 11.8. The highest BCUT2D eigenvalue weighted by Crippen LogP contribution is 2.30. The van der Waals surface area contributed by atoms with Crippen molar-refractivity contribution in [1.29, 1.82) is 0 Å². The maximum atomic E-state index is 12.5. The van der Waals surface area contributed by atoms with Gasteiger partial charge in [0.2, 0.25) is 5.91 Å². The molecule has 0 aliphatic heterocycles. The van der Waals surface area contributed by atoms with Gasteiger partial charge >= 0.3 is 6.18 Å². The highest BCUT2D eigenvalue weighted by Gasteiger charge is 2.30. The molecule has 0 heterocycles. The largest absolute Gasteiger partial charge is 0.491 e. The fourth-order valence-electron chi connectivity index (χ4n) is 2.58. The summed E-state index contributed by atoms with van der Waals surface area (Å²) in [6.45, 7) is 0.911. The van der Waals surface area contributed by atoms with Crippen molar-refractivity contribution in [3.63, 3.8) is 0 Å². The summed E-state index contributed by atoms with van der Waals surface area (Å²) in [6.07, 6.45) is -3.72. The number of amides is 1. The van der Waals surface area contributed by atoms with Crippen LogP contribution in [0.25, 0.3) is 0 Å². The Kier molecular flexibility index (Phi) is 9.63. The minimum atomic E-state index is -4.41. The Hall–Kier alpha value is -2.58. The first kappa shape index (κ1) is 23.7. The normalized spacial score (nSPS) is 12.4. The highest BCUT2D eigenvalue weighted by molar-refractivity contribution is 5.75. The minimum Gasteiger partial charge on any atom is -0.491 e. The molecule has 1 atom stereocenters. The van der Waals surface area contributed by atoms with Gasteiger partial charge in [0.25, 0.3) is 0 Å². The van der Waals surface area contributed by atoms with Crippen molar-refractivity contribution >= 4 is 5.91 Å². The molecule has 2 aromatic carbocycles. The van der Waals surface area contributed by atoms with E-state index in [0.29, 0.717) is 19.6 Å². The molecule has 2 N–H and O–H groups in total. The number of halogens is 3. The zero-order chi connectivity index (χ0) is 21.8. The predicted molar refractivity (Wildman–Crippen MR) is 106 cm³/mol. The molecule has 0 saturated heterocycles. The third-order valence-electron chi connectivity index (χ3n) is 4.23. The van der Waals surface area contributed by atoms with Crippen molar-refractivity contribution in [3.8, 4) is 5.75 Å². The van der Waals surface area contributed by atoms with Gasteiger partial charge in [0.15, 0.2) is 0 Å². The molecule has 1 unspecified atom stereocenters. The van der Waals surface area contributed by atoms with Gasteiger partial charge in [0.1, 0.15) is 18.5 Å². The van der Waals surface area contributed by atoms with Gasteiger partial charge < -0.3 is 19.9 Å². The van der Waals surface area contributed by atoms with E-state index in [2.05, 4.69) is 5.32 Å². The van der Waals surface area contributed by atoms with Gasteiger partial charge in [-0.25, -0.2) is 0 Å². The van der Waals surface area contributed by atoms with Crippen LogP contribution >= 0.6 is 0 Å². The van der Waals surface area contributed by atoms with Crippen molar-refractivity contribution < 1.29 is 32.5 Å². The van der Waals surface area contributed by atoms with Crippen LogP contribution in [0.5, 0.6) is 5.75 Å². The van der Waals surface area contributed by atoms with E-state index in [1.807, 2.05) is 30.3 Å². The summed E-state index contributed by atoms with van der Waals surface area (Å²) >= 11 is 0. The third-order valence-corrected chi connectivity index (χ3v) is 4.23. The second-order valence-corrected chi connectivity index (χ2v) is 6.74. The summed E-state index contributed by atoms with van der Waals surface area (Å²) in [5, 5.41) is 12.4. The molecule has 5 nitrogen and oxygen atoms in total. The minimum absolute atomic E-state index is 0.00562. The molecule has 0 aliphatic carbocycles. The van der Waals surface area contributed by atoms with E-state index >= 15 is 0 Å². The number of benzene rings is 2. The summed E-state index contributed by atoms with van der Waals surface area (Å²) in [5.74, 6) is -0.00346. The van der Waals surface area contributed by atoms with E-state index in [-0.39, 0.29) is 31.2 Å². The predicted octanol–water partition coefficient (Wildman–Crippen LogP) is 3.60. The van der Waals surface area contributed by atoms with E-state index in [0.717, 1.165) is 18.6 Å². The molecule has 0 spiro atoms. The van der Waals surface area contributed by atoms with Crippen LogP contribution in [0.15, 0.2) is 54.6 Å². The van der Waals surface area contributed by atoms with Crippen molar-refractivity contribution in [2.45, 2.75) is 31.5 Å². The maximum Gasteiger partial charge on any atom is 0.416 e. The topological polar surface area (TPSA) is 67.8 Å². The Morgan fingerprint density at radius 2 is 1.73 bits per heavy atom. The van der Waals surface area contributed by atoms with Crippen LogP contribution in [0.1, 0.15) is 24.0 Å². The molecule has 0 aliphatic rings. The molecular weight excluding hydrogens is 399 g/mol. The summed E-state index contributed by atoms with van der Waals surface area (Å²) in [5.41, 5.74) is 0.425. The first-order valence-corrected chi connectivity index (χ1v) is 9.71. The standard InChI is InChI=1S/C22H26F3NO4/c23-22(24,25)18-8-10-20(11-9-18)30-16-19(27)15-26-21(28)7-4-13-29-14-12-17-5-2-1-3-6-17/h1-3,5-6,8-11,19,27H,4,7,12-16H2,(H,26,28). The fourth-order valence-corrected chi connectivity index (χ4v) is 2.58. The van der Waals surface area contributed by atoms with Crippen LogP contribution in [-0.2, 0) is 22.1 Å². The molecule has 2 aromatic rings. The molecule has 2 rings (SSSR count). The van der Waals surface area contributed by atoms with Gasteiger partial charge in [-0.3, -0.25) is 4.79 Å². The molecule has 0 radical (unpaired) electrons. The van der Waals surface area contributed by atoms with E-state index in [4.69, 9.17) is 9.47 Å². The molecule has 0 bridgehead atoms. The number of aliphatic hydroxyl groups is 1. The molecule has 8 heteroatoms. The average molecular weight is 425 g/mol. The first-order chi connectivity index (χ1) is 14.3. The molecular formula is C22H26F3NO4. The zero-order valence-electron chi connectivity index (χ0n) is 16.5. The number of hydrogen-bond donors (Lipinski definition) is 2. The summed E-state index contributed by atoms with van der Waals surface area (Å²) in [6, 6.07) is 14.2. The van der Waals surface area contributed by atoms with E-state index < -0.39 is 17.8 Å². The number of alkyl halides is 3. The quantitative estimate of drug-likeness (QED) is 0.510. The third kappa shape index (κ3) is 9.28. The SMILES string of the molecule is O=C(CCCOCCc1ccccc1)NCC(O)COc1ccc(C(F)(F)F)cc1. The average Bonchev–Trinajstić information content (AvgIpc) is 2.73. The Balaban J connectivity index is 1.52. The van der Waals surface area contributed by atoms with Crippen molar-refractivity contribution in [2.24, 2.45) is 0 Å². The Morgan fingerprint density at radius 1 is 1.03 bits per heavy atom. The van der Waals surface area contributed by atoms with Gasteiger partial charge in [0, 0.05) is 19.6 Å². The lowest BCUT2D eigenvalue weighted by Crippen LogP contribution is -2.35. The number of rotatable bonds is 12. The Morgan fingerprint density at radius 3 is 2.40 bits per heavy atom. The van der Waals surface area contributed by atoms with Gasteiger partial charge in [0.05, 0.1) is 12.2 Å². The van der Waals surface area contributed by atoms with E-state index in [1.54, 1.807) is 0 Å². The zero-order valence-corrected chi connectivity index (χ0v) is 16.5. The van der Waals surface area contributed by atoms with Crippen LogP contribution in [0.2, 0.25) is 0 Å². The lowest BCUT2D eigenvalue weighted by atomic mass is 10.2. The number of nitrogens with one attached hydrogen (secondary N) is 1. The number of carbonyl (C=O) groups excluding carboxylic acids is 1. The van der Waals surface area contributed by atoms with Crippen LogP contribution in [0.3, 0.4) is 0 Å². The summed E-state index contributed by atoms with van der Waals surface area (Å²) < 4.78 is 48.3. The van der Waals surface area contributed by atoms with Crippen LogP contribution in [0, 0.1) is 0 Å². The van der Waals surface area contributed by atoms with Gasteiger partial charge in [-0.2, -0.15) is 13.2 Å². The first-order valence-electron chi connectivity index (χ1n) is 9.71. The van der Waals surface area contributed by atoms with Crippen molar-refractivity contribution in [3.05, 3.63) is 65.7 Å². The Labute approximate surface area is 173 Å². The van der Waals surface area contributed by atoms with Gasteiger partial charge in [-0.15, -0.1) is 0 Å². The second-order valence-electron chi connectivity index (χ2n) is 6.74. The monoisotopic (exact) mass is 425 g/mol. The number of carbonyl (C=O) groups is 1. The lowest BCUT2D eigenvalue weighted by Gasteiger charge is -2.14. The van der Waals surface area contributed by atoms with Crippen molar-refractivity contribution in [2.75, 3.05) is 26.4 Å². The molecule has 0 saturated carbocycles. The highest BCUT2D eigenvalue weighted by atomic mass is 19.4. The number of aliphatic hydroxyl groups excluding tert-OH is 1. The van der Waals surface area contributed by atoms with Crippen LogP contribution < -0.4 is 10.1 Å². The fraction of sp³-hybridized carbons (Fsp3) is 0.409. The molecule has 0 fully saturated rings. The van der Waals surface area contributed by atoms with E-state index in [1.165, 1.54) is 17.7 Å². The van der Waals surface area contributed by atoms with Crippen LogP contribution in [-0.4, -0.2) is 43.5 Å². The smallest absolute Gasteiger partial charge is 0.416 e. The Bertz CT molecular complexity index is 751. The van der Waals surface area contributed by atoms with Gasteiger partial charge in [-0.05, 0) is 42.7 Å². The number of hydrogen-bond acceptors (Lipinski definition) is 4. The molecule has 30 heavy (non-hydrogen) atoms. The van der Waals surface area contributed by atoms with Crippen molar-refractivity contribution in [1.82, 2.24) is 5.32 Å². The van der Waals surface area contributed by atoms with Gasteiger partial charge in [-0.1, -0.05) is 30.3 Å². The number of ether oxygens (including phenoxy) is 2. The molecule has 1 amide bonds. The maximum absolute atomic E-state index is 12.5. The molecule has 164 valence electrons. The van der Waals surface area contributed by atoms with Crippen LogP contribution in [0.4, 0.5) is 13.2 Å². The summed E-state index contributed by atoms with van der Waals surface area (Å²) in [7, 11) is 0. The lowest BCUT2D eigenvalue weighted by molar-refractivity contribution is -0.137. The molecule has 0 aromatic heterocycles.